The van der Waals surface area contributed by atoms with Gasteiger partial charge in [0.05, 0.1) is 80.3 Å². The standard InChI is InChI=1S/C17H18N4O2.C16H14N4O2.C9H7N3O3.C9H9N3O.C9H8N2O.C7H7NO2.C4H8O.CH3.BrH.Mg.HNO3.H2O4S/c1-10-5-4-6-13(19-10)16(22)20-15-7-11-9-18-21-14(11)8-12(15)17(2,3)23;1-9-4-3-5-13(18-9)16(22)19-15-6-11-8-17-20-14(11)7-12(15)10(2)21;1-5(13)7-3-8-6(4-10-11-8)2-9(7)12(14)15;1-5(13)7-3-9-6(2-8(7)10)4-11-12-9;1-6(12)7-2-3-8-5-10-11-9(8)4-7;1-5-3-2-4-6(8-5)7(9)10;1-2-4-5-3-1;;;;2-1(3)4;1-5(2,3)4/h4-9,23H,1-3H3,(H,18,21)(H,20,22);3-8H,1-2H3,(H,17,20)(H,19,22);2-4H,1H3,(H,10,11);2-4H,10H2,1H3,(H,11,12);2-5H,1H3,(H,10,11);2-4H,1H3,(H,9,10);1-4H2;1H3;1H;;(H,2,3,4);(H2,1,2,3,4)/q;;;;;;;-1;;+2;;/p-1. The molecular formula is C72H77BrMgN18O19S. The topological polar surface area (TPSA) is 582 Å². The zero-order chi connectivity index (χ0) is 80.4. The molecule has 14 rings (SSSR count). The van der Waals surface area contributed by atoms with Crippen LogP contribution in [0.2, 0.25) is 0 Å². The van der Waals surface area contributed by atoms with Gasteiger partial charge in [-0.2, -0.15) is 33.9 Å². The van der Waals surface area contributed by atoms with Crippen molar-refractivity contribution in [3.05, 3.63) is 242 Å². The minimum absolute atomic E-state index is 0. The molecule has 13 aromatic rings. The van der Waals surface area contributed by atoms with Crippen molar-refractivity contribution in [3.8, 4) is 0 Å². The third kappa shape index (κ3) is 29.4. The van der Waals surface area contributed by atoms with Crippen LogP contribution in [0.15, 0.2) is 152 Å². The van der Waals surface area contributed by atoms with Crippen LogP contribution in [0.4, 0.5) is 22.7 Å². The number of aliphatic hydroxyl groups is 1. The van der Waals surface area contributed by atoms with Gasteiger partial charge in [0.15, 0.2) is 23.1 Å². The second kappa shape index (κ2) is 43.6. The molecule has 112 heavy (non-hydrogen) atoms. The second-order valence-electron chi connectivity index (χ2n) is 23.9. The predicted octanol–water partition coefficient (Wildman–Crippen LogP) is 8.21. The molecule has 0 saturated carbocycles. The minimum atomic E-state index is -4.67. The van der Waals surface area contributed by atoms with Crippen LogP contribution in [-0.4, -0.2) is 186 Å². The summed E-state index contributed by atoms with van der Waals surface area (Å²) in [4.78, 5) is 111. The van der Waals surface area contributed by atoms with Crippen molar-refractivity contribution >= 4 is 152 Å². The van der Waals surface area contributed by atoms with Crippen molar-refractivity contribution in [1.29, 1.82) is 0 Å². The van der Waals surface area contributed by atoms with Gasteiger partial charge in [-0.3, -0.25) is 73.5 Å². The molecule has 1 aliphatic rings. The number of hydrogen-bond acceptors (Lipinski definition) is 24. The van der Waals surface area contributed by atoms with E-state index in [1.54, 1.807) is 131 Å². The maximum absolute atomic E-state index is 12.4. The number of nitrogens with zero attached hydrogens (tertiary/aromatic N) is 10. The van der Waals surface area contributed by atoms with Gasteiger partial charge >= 0.3 is 39.4 Å². The number of anilines is 3. The van der Waals surface area contributed by atoms with E-state index in [-0.39, 0.29) is 99.4 Å². The van der Waals surface area contributed by atoms with E-state index in [2.05, 4.69) is 76.6 Å². The summed E-state index contributed by atoms with van der Waals surface area (Å²) < 4.78 is 36.5. The number of carboxylic acids is 1. The molecule has 40 heteroatoms. The van der Waals surface area contributed by atoms with Gasteiger partial charge in [-0.1, -0.05) is 30.3 Å². The maximum atomic E-state index is 12.4. The Morgan fingerprint density at radius 3 is 1.26 bits per heavy atom. The van der Waals surface area contributed by atoms with Gasteiger partial charge in [0, 0.05) is 96.9 Å². The SMILES string of the molecule is C1CCOC1.CC(=O)c1cc2[nH]ncc2cc1N.CC(=O)c1cc2[nH]ncc2cc1NC(=O)c1cccc(C)n1.CC(=O)c1cc2[nH]ncc2cc1[N+](=O)[O-].CC(=O)c1ccc2cn[nH]c2c1.Cc1cccc(C(=O)Nc2cc3cn[nH]c3cc2C(C)(C)O)n1.Cc1cccc(C(=O)O)n1.O=S(=O)(O)O.O=[N+]([O-])O.[Br-].[CH3-].[Mg+2]. The Morgan fingerprint density at radius 1 is 0.527 bits per heavy atom. The Labute approximate surface area is 664 Å². The minimum Gasteiger partial charge on any atom is -1.00 e. The Balaban J connectivity index is 0.000000340. The number of ketones is 4. The zero-order valence-corrected chi connectivity index (χ0v) is 65.6. The number of aromatic amines is 5. The summed E-state index contributed by atoms with van der Waals surface area (Å²) in [5.74, 6) is -2.08. The fourth-order valence-corrected chi connectivity index (χ4v) is 9.75. The molecule has 8 aromatic heterocycles. The van der Waals surface area contributed by atoms with Crippen molar-refractivity contribution < 1.29 is 98.2 Å². The monoisotopic (exact) mass is 1630 g/mol. The average Bonchev–Trinajstić information content (AvgIpc) is 1.48. The summed E-state index contributed by atoms with van der Waals surface area (Å²) >= 11 is 0. The molecule has 0 bridgehead atoms. The number of rotatable bonds is 11. The Bertz CT molecular complexity index is 5510. The number of pyridine rings is 3. The van der Waals surface area contributed by atoms with E-state index in [9.17, 15) is 48.8 Å². The summed E-state index contributed by atoms with van der Waals surface area (Å²) in [6.45, 7) is 16.5. The van der Waals surface area contributed by atoms with Gasteiger partial charge in [-0.25, -0.2) is 19.7 Å². The van der Waals surface area contributed by atoms with Gasteiger partial charge < -0.3 is 60.9 Å². The number of ether oxygens (including phenoxy) is 1. The molecule has 37 nitrogen and oxygen atoms in total. The number of H-pyrrole nitrogens is 5. The molecule has 1 saturated heterocycles. The van der Waals surface area contributed by atoms with Crippen LogP contribution in [-0.2, 0) is 20.7 Å². The molecule has 0 aliphatic carbocycles. The van der Waals surface area contributed by atoms with Crippen LogP contribution in [0.5, 0.6) is 0 Å². The van der Waals surface area contributed by atoms with Gasteiger partial charge in [0.25, 0.3) is 22.6 Å². The van der Waals surface area contributed by atoms with E-state index in [1.165, 1.54) is 58.0 Å². The van der Waals surface area contributed by atoms with Gasteiger partial charge in [-0.15, -0.1) is 10.1 Å². The van der Waals surface area contributed by atoms with Crippen LogP contribution in [0, 0.1) is 48.4 Å². The van der Waals surface area contributed by atoms with E-state index in [4.69, 9.17) is 48.4 Å². The second-order valence-corrected chi connectivity index (χ2v) is 24.8. The number of nitrogens with two attached hydrogens (primary N) is 1. The van der Waals surface area contributed by atoms with Gasteiger partial charge in [0.1, 0.15) is 17.1 Å². The fraction of sp³-hybridized carbons (Fsp3) is 0.194. The van der Waals surface area contributed by atoms with E-state index < -0.39 is 32.0 Å². The fourth-order valence-electron chi connectivity index (χ4n) is 9.75. The van der Waals surface area contributed by atoms with Crippen molar-refractivity contribution in [2.75, 3.05) is 29.6 Å². The molecule has 584 valence electrons. The van der Waals surface area contributed by atoms with E-state index in [0.717, 1.165) is 73.9 Å². The normalized spacial score (nSPS) is 10.9. The maximum Gasteiger partial charge on any atom is 2.00 e. The van der Waals surface area contributed by atoms with Crippen molar-refractivity contribution in [3.63, 3.8) is 0 Å². The Kier molecular flexibility index (Phi) is 36.4. The summed E-state index contributed by atoms with van der Waals surface area (Å²) in [5.41, 5.74) is 15.2. The van der Waals surface area contributed by atoms with Gasteiger partial charge in [0.2, 0.25) is 0 Å². The van der Waals surface area contributed by atoms with Crippen LogP contribution < -0.4 is 33.3 Å². The van der Waals surface area contributed by atoms with Crippen LogP contribution in [0.3, 0.4) is 0 Å². The number of carboxylic acid groups (broad SMARTS) is 1. The molecule has 0 radical (unpaired) electrons. The number of Topliss-reactive ketones (excluding diaryl/α,β-unsaturated/α-hetero) is 4. The van der Waals surface area contributed by atoms with Crippen molar-refractivity contribution in [2.24, 2.45) is 0 Å². The van der Waals surface area contributed by atoms with Crippen LogP contribution in [0.1, 0.15) is 150 Å². The molecule has 0 spiro atoms. The smallest absolute Gasteiger partial charge is 1.00 e. The number of halogens is 1. The number of carbonyl (C=O) groups is 7. The first-order valence-electron chi connectivity index (χ1n) is 32.1. The molecule has 5 aromatic carbocycles. The number of nitrogen functional groups attached to an aromatic ring is 1. The molecule has 2 amide bonds. The number of aryl methyl sites for hydroxylation is 3. The molecule has 1 aliphatic heterocycles. The number of aromatic carboxylic acids is 1. The van der Waals surface area contributed by atoms with E-state index >= 15 is 0 Å². The molecule has 9 heterocycles. The molecular weight excluding hydrogens is 1560 g/mol. The molecule has 1 fully saturated rings. The van der Waals surface area contributed by atoms with E-state index in [1.807, 2.05) is 38.1 Å². The van der Waals surface area contributed by atoms with E-state index in [0.29, 0.717) is 61.6 Å². The number of carbonyl (C=O) groups excluding carboxylic acids is 6. The summed E-state index contributed by atoms with van der Waals surface area (Å²) in [6.07, 6.45) is 10.8. The van der Waals surface area contributed by atoms with Crippen molar-refractivity contribution in [1.82, 2.24) is 65.9 Å². The average molecular weight is 1630 g/mol. The Morgan fingerprint density at radius 2 is 0.884 bits per heavy atom. The first-order valence-corrected chi connectivity index (χ1v) is 33.5. The zero-order valence-electron chi connectivity index (χ0n) is 61.8. The summed E-state index contributed by atoms with van der Waals surface area (Å²) in [6, 6.07) is 34.1. The molecule has 14 N–H and O–H groups in total. The summed E-state index contributed by atoms with van der Waals surface area (Å²) in [7, 11) is -4.67. The summed E-state index contributed by atoms with van der Waals surface area (Å²) in [5, 5.41) is 86.3. The Hall–Kier alpha value is -12.6. The molecule has 0 unspecified atom stereocenters. The number of hydrogen-bond donors (Lipinski definition) is 13. The predicted molar refractivity (Wildman–Crippen MR) is 412 cm³/mol. The quantitative estimate of drug-likeness (QED) is 0.0110. The number of benzene rings is 5. The number of nitrogens with one attached hydrogen (secondary N) is 7. The number of amides is 2. The van der Waals surface area contributed by atoms with Gasteiger partial charge in [-0.05, 0) is 160 Å². The largest absolute Gasteiger partial charge is 2.00 e. The number of nitro benzene ring substituents is 1. The van der Waals surface area contributed by atoms with Crippen molar-refractivity contribution in [2.45, 2.75) is 80.8 Å². The van der Waals surface area contributed by atoms with Crippen LogP contribution >= 0.6 is 0 Å². The molecule has 0 atom stereocenters. The third-order valence-corrected chi connectivity index (χ3v) is 14.8. The van der Waals surface area contributed by atoms with Crippen LogP contribution in [0.25, 0.3) is 54.5 Å². The number of fused-ring (bicyclic) bond motifs is 5. The number of aromatic nitrogens is 13. The first-order chi connectivity index (χ1) is 51.4. The number of nitro groups is 1. The first kappa shape index (κ1) is 93.6. The third-order valence-electron chi connectivity index (χ3n) is 14.8.